The molecule has 1 aliphatic rings. The number of halogens is 1. The molecule has 0 radical (unpaired) electrons. The molecule has 1 fully saturated rings. The van der Waals surface area contributed by atoms with Crippen molar-refractivity contribution in [2.75, 3.05) is 25.9 Å². The predicted octanol–water partition coefficient (Wildman–Crippen LogP) is 4.30. The average molecular weight is 472 g/mol. The Bertz CT molecular complexity index is 1590. The molecular formula is C26H26FN7O. The Hall–Kier alpha value is -3.98. The van der Waals surface area contributed by atoms with Gasteiger partial charge in [0.2, 0.25) is 5.78 Å². The lowest BCUT2D eigenvalue weighted by Gasteiger charge is -2.29. The fourth-order valence-corrected chi connectivity index (χ4v) is 5.07. The van der Waals surface area contributed by atoms with Crippen LogP contribution in [-0.4, -0.2) is 55.6 Å². The average Bonchev–Trinajstić information content (AvgIpc) is 3.53. The number of rotatable bonds is 4. The van der Waals surface area contributed by atoms with Crippen molar-refractivity contribution in [1.29, 1.82) is 0 Å². The van der Waals surface area contributed by atoms with E-state index in [1.54, 1.807) is 6.07 Å². The summed E-state index contributed by atoms with van der Waals surface area (Å²) in [5.74, 6) is 0.724. The Kier molecular flexibility index (Phi) is 4.96. The van der Waals surface area contributed by atoms with Crippen molar-refractivity contribution < 1.29 is 9.18 Å². The summed E-state index contributed by atoms with van der Waals surface area (Å²) < 4.78 is 16.5. The third-order valence-corrected chi connectivity index (χ3v) is 7.02. The molecule has 1 aliphatic heterocycles. The van der Waals surface area contributed by atoms with E-state index < -0.39 is 0 Å². The second kappa shape index (κ2) is 8.06. The molecule has 0 atom stereocenters. The molecule has 35 heavy (non-hydrogen) atoms. The molecule has 5 aromatic rings. The highest BCUT2D eigenvalue weighted by atomic mass is 19.1. The molecule has 0 spiro atoms. The van der Waals surface area contributed by atoms with Gasteiger partial charge in [0.1, 0.15) is 17.5 Å². The molecule has 6 rings (SSSR count). The third kappa shape index (κ3) is 3.68. The number of aromatic nitrogens is 5. The van der Waals surface area contributed by atoms with Crippen LogP contribution in [0.3, 0.4) is 0 Å². The highest BCUT2D eigenvalue weighted by Crippen LogP contribution is 2.33. The standard InChI is InChI=1S/C26H26FN7O/c1-14-30-21-4-3-17(11-23(21)31-14)34-26(28)19(13-29-34)25(35)24-10-16-9-18(20(27)12-22(16)32-24)15-5-7-33(2)8-6-15/h3-4,9-13,15,32H,5-8,28H2,1-2H3,(H,30,31). The van der Waals surface area contributed by atoms with E-state index in [-0.39, 0.29) is 28.9 Å². The molecule has 4 heterocycles. The minimum absolute atomic E-state index is 0.189. The highest BCUT2D eigenvalue weighted by molar-refractivity contribution is 6.12. The zero-order valence-corrected chi connectivity index (χ0v) is 19.6. The van der Waals surface area contributed by atoms with Gasteiger partial charge in [0.05, 0.1) is 34.2 Å². The number of benzene rings is 2. The first-order valence-electron chi connectivity index (χ1n) is 11.7. The summed E-state index contributed by atoms with van der Waals surface area (Å²) in [5, 5.41) is 5.17. The number of aryl methyl sites for hydroxylation is 1. The number of hydrogen-bond donors (Lipinski definition) is 3. The Balaban J connectivity index is 1.32. The predicted molar refractivity (Wildman–Crippen MR) is 134 cm³/mol. The number of carbonyl (C=O) groups is 1. The van der Waals surface area contributed by atoms with E-state index in [0.29, 0.717) is 11.2 Å². The lowest BCUT2D eigenvalue weighted by atomic mass is 9.88. The highest BCUT2D eigenvalue weighted by Gasteiger charge is 2.24. The maximum absolute atomic E-state index is 14.9. The number of piperidine rings is 1. The Morgan fingerprint density at radius 1 is 1.11 bits per heavy atom. The molecule has 0 unspecified atom stereocenters. The number of carbonyl (C=O) groups excluding carboxylic acids is 1. The SMILES string of the molecule is Cc1nc2ccc(-n3ncc(C(=O)c4cc5cc(C6CCN(C)CC6)c(F)cc5[nH]4)c3N)cc2[nH]1. The van der Waals surface area contributed by atoms with Crippen molar-refractivity contribution in [2.24, 2.45) is 0 Å². The molecule has 4 N–H and O–H groups in total. The van der Waals surface area contributed by atoms with E-state index in [4.69, 9.17) is 5.73 Å². The fourth-order valence-electron chi connectivity index (χ4n) is 5.07. The number of aromatic amines is 2. The van der Waals surface area contributed by atoms with Gasteiger partial charge in [0, 0.05) is 10.9 Å². The van der Waals surface area contributed by atoms with Gasteiger partial charge < -0.3 is 20.6 Å². The van der Waals surface area contributed by atoms with Gasteiger partial charge in [-0.15, -0.1) is 0 Å². The summed E-state index contributed by atoms with van der Waals surface area (Å²) in [5.41, 5.74) is 10.7. The van der Waals surface area contributed by atoms with Crippen molar-refractivity contribution in [2.45, 2.75) is 25.7 Å². The lowest BCUT2D eigenvalue weighted by molar-refractivity contribution is 0.103. The summed E-state index contributed by atoms with van der Waals surface area (Å²) in [6.45, 7) is 3.80. The van der Waals surface area contributed by atoms with Crippen molar-refractivity contribution in [1.82, 2.24) is 29.6 Å². The fraction of sp³-hybridized carbons (Fsp3) is 0.269. The van der Waals surface area contributed by atoms with Crippen molar-refractivity contribution in [3.63, 3.8) is 0 Å². The molecule has 8 nitrogen and oxygen atoms in total. The smallest absolute Gasteiger partial charge is 0.214 e. The maximum Gasteiger partial charge on any atom is 0.214 e. The van der Waals surface area contributed by atoms with Crippen LogP contribution in [0.2, 0.25) is 0 Å². The first kappa shape index (κ1) is 21.5. The summed E-state index contributed by atoms with van der Waals surface area (Å²) in [4.78, 5) is 26.3. The van der Waals surface area contributed by atoms with Gasteiger partial charge in [-0.25, -0.2) is 14.1 Å². The van der Waals surface area contributed by atoms with E-state index in [1.165, 1.54) is 16.9 Å². The van der Waals surface area contributed by atoms with Gasteiger partial charge in [-0.05, 0) is 87.8 Å². The van der Waals surface area contributed by atoms with Crippen LogP contribution in [0.15, 0.2) is 42.6 Å². The van der Waals surface area contributed by atoms with Gasteiger partial charge in [-0.3, -0.25) is 4.79 Å². The van der Waals surface area contributed by atoms with E-state index >= 15 is 0 Å². The van der Waals surface area contributed by atoms with E-state index in [9.17, 15) is 9.18 Å². The number of fused-ring (bicyclic) bond motifs is 2. The number of imidazole rings is 1. The molecule has 0 bridgehead atoms. The molecule has 1 saturated heterocycles. The third-order valence-electron chi connectivity index (χ3n) is 7.02. The number of anilines is 1. The van der Waals surface area contributed by atoms with Gasteiger partial charge >= 0.3 is 0 Å². The van der Waals surface area contributed by atoms with E-state index in [1.807, 2.05) is 31.2 Å². The molecule has 0 amide bonds. The van der Waals surface area contributed by atoms with Gasteiger partial charge in [0.15, 0.2) is 0 Å². The van der Waals surface area contributed by atoms with Crippen LogP contribution in [0.5, 0.6) is 0 Å². The Labute approximate surface area is 200 Å². The second-order valence-electron chi connectivity index (χ2n) is 9.43. The van der Waals surface area contributed by atoms with Crippen LogP contribution in [0, 0.1) is 12.7 Å². The molecular weight excluding hydrogens is 445 g/mol. The normalized spacial score (nSPS) is 15.4. The first-order chi connectivity index (χ1) is 16.9. The van der Waals surface area contributed by atoms with Crippen molar-refractivity contribution in [3.8, 4) is 5.69 Å². The zero-order chi connectivity index (χ0) is 24.3. The number of ketones is 1. The van der Waals surface area contributed by atoms with E-state index in [2.05, 4.69) is 32.0 Å². The van der Waals surface area contributed by atoms with Crippen LogP contribution >= 0.6 is 0 Å². The largest absolute Gasteiger partial charge is 0.383 e. The lowest BCUT2D eigenvalue weighted by Crippen LogP contribution is -2.29. The van der Waals surface area contributed by atoms with Gasteiger partial charge in [-0.2, -0.15) is 5.10 Å². The van der Waals surface area contributed by atoms with Crippen LogP contribution < -0.4 is 5.73 Å². The summed E-state index contributed by atoms with van der Waals surface area (Å²) in [6.07, 6.45) is 3.32. The summed E-state index contributed by atoms with van der Waals surface area (Å²) >= 11 is 0. The molecule has 9 heteroatoms. The van der Waals surface area contributed by atoms with Crippen LogP contribution in [-0.2, 0) is 0 Å². The zero-order valence-electron chi connectivity index (χ0n) is 19.6. The quantitative estimate of drug-likeness (QED) is 0.339. The number of likely N-dealkylation sites (tertiary alicyclic amines) is 1. The molecule has 0 aliphatic carbocycles. The maximum atomic E-state index is 14.9. The Morgan fingerprint density at radius 2 is 1.91 bits per heavy atom. The number of nitrogen functional groups attached to an aromatic ring is 1. The van der Waals surface area contributed by atoms with Crippen LogP contribution in [0.4, 0.5) is 10.2 Å². The topological polar surface area (TPSA) is 109 Å². The number of nitrogens with one attached hydrogen (secondary N) is 2. The van der Waals surface area contributed by atoms with Gasteiger partial charge in [-0.1, -0.05) is 0 Å². The number of H-pyrrole nitrogens is 2. The van der Waals surface area contributed by atoms with Gasteiger partial charge in [0.25, 0.3) is 0 Å². The second-order valence-corrected chi connectivity index (χ2v) is 9.43. The van der Waals surface area contributed by atoms with E-state index in [0.717, 1.165) is 59.4 Å². The minimum Gasteiger partial charge on any atom is -0.383 e. The summed E-state index contributed by atoms with van der Waals surface area (Å²) in [6, 6.07) is 10.8. The van der Waals surface area contributed by atoms with Crippen molar-refractivity contribution in [3.05, 3.63) is 71.1 Å². The van der Waals surface area contributed by atoms with Crippen molar-refractivity contribution >= 4 is 33.5 Å². The first-order valence-corrected chi connectivity index (χ1v) is 11.7. The van der Waals surface area contributed by atoms with Crippen LogP contribution in [0.25, 0.3) is 27.6 Å². The molecule has 3 aromatic heterocycles. The molecule has 2 aromatic carbocycles. The Morgan fingerprint density at radius 3 is 2.71 bits per heavy atom. The van der Waals surface area contributed by atoms with Crippen LogP contribution in [0.1, 0.15) is 46.2 Å². The number of nitrogens with zero attached hydrogens (tertiary/aromatic N) is 4. The number of hydrogen-bond acceptors (Lipinski definition) is 5. The number of nitrogens with two attached hydrogens (primary N) is 1. The molecule has 178 valence electrons. The minimum atomic E-state index is -0.287. The monoisotopic (exact) mass is 471 g/mol. The molecule has 0 saturated carbocycles. The summed E-state index contributed by atoms with van der Waals surface area (Å²) in [7, 11) is 2.09.